The summed E-state index contributed by atoms with van der Waals surface area (Å²) in [4.78, 5) is 23.9. The van der Waals surface area contributed by atoms with Crippen LogP contribution >= 0.6 is 0 Å². The fraction of sp³-hybridized carbons (Fsp3) is 0.579. The Morgan fingerprint density at radius 1 is 1.08 bits per heavy atom. The fourth-order valence-corrected chi connectivity index (χ4v) is 3.73. The fourth-order valence-electron chi connectivity index (χ4n) is 3.73. The first-order chi connectivity index (χ1) is 11.6. The minimum atomic E-state index is -0.0787. The van der Waals surface area contributed by atoms with E-state index in [1.807, 2.05) is 31.2 Å². The summed E-state index contributed by atoms with van der Waals surface area (Å²) in [6, 6.07) is 9.54. The number of benzene rings is 1. The molecule has 0 aromatic heterocycles. The normalized spacial score (nSPS) is 25.3. The van der Waals surface area contributed by atoms with E-state index in [0.717, 1.165) is 18.4 Å². The highest BCUT2D eigenvalue weighted by Crippen LogP contribution is 2.26. The van der Waals surface area contributed by atoms with Gasteiger partial charge in [0, 0.05) is 24.5 Å². The van der Waals surface area contributed by atoms with E-state index in [-0.39, 0.29) is 24.4 Å². The molecule has 5 nitrogen and oxygen atoms in total. The van der Waals surface area contributed by atoms with Crippen molar-refractivity contribution in [1.29, 1.82) is 0 Å². The Hall–Kier alpha value is -1.88. The summed E-state index contributed by atoms with van der Waals surface area (Å²) >= 11 is 0. The summed E-state index contributed by atoms with van der Waals surface area (Å²) in [6.07, 6.45) is 5.55. The number of rotatable bonds is 6. The van der Waals surface area contributed by atoms with Crippen molar-refractivity contribution in [1.82, 2.24) is 16.0 Å². The molecule has 0 saturated carbocycles. The Balaban J connectivity index is 1.33. The number of hydrogen-bond acceptors (Lipinski definition) is 3. The zero-order valence-electron chi connectivity index (χ0n) is 14.3. The molecule has 2 atom stereocenters. The molecule has 2 aliphatic heterocycles. The average molecular weight is 329 g/mol. The first kappa shape index (κ1) is 17.0. The van der Waals surface area contributed by atoms with Crippen LogP contribution in [0.3, 0.4) is 0 Å². The number of amides is 2. The van der Waals surface area contributed by atoms with Crippen molar-refractivity contribution in [2.75, 3.05) is 6.54 Å². The Labute approximate surface area is 143 Å². The maximum absolute atomic E-state index is 12.0. The van der Waals surface area contributed by atoms with Gasteiger partial charge in [-0.25, -0.2) is 0 Å². The number of piperidine rings is 1. The van der Waals surface area contributed by atoms with Gasteiger partial charge in [0.25, 0.3) is 0 Å². The number of fused-ring (bicyclic) bond motifs is 2. The molecule has 0 radical (unpaired) electrons. The Morgan fingerprint density at radius 2 is 1.75 bits per heavy atom. The van der Waals surface area contributed by atoms with Crippen LogP contribution in [0.5, 0.6) is 0 Å². The second-order valence-electron chi connectivity index (χ2n) is 7.14. The van der Waals surface area contributed by atoms with E-state index in [4.69, 9.17) is 0 Å². The lowest BCUT2D eigenvalue weighted by molar-refractivity contribution is -0.126. The Kier molecular flexibility index (Phi) is 5.51. The van der Waals surface area contributed by atoms with E-state index in [2.05, 4.69) is 16.0 Å². The number of carbonyl (C=O) groups excluding carboxylic acids is 2. The molecule has 24 heavy (non-hydrogen) atoms. The summed E-state index contributed by atoms with van der Waals surface area (Å²) in [7, 11) is 0. The van der Waals surface area contributed by atoms with Crippen LogP contribution in [-0.4, -0.2) is 36.5 Å². The molecule has 2 unspecified atom stereocenters. The number of hydrogen-bond donors (Lipinski definition) is 3. The molecule has 2 bridgehead atoms. The van der Waals surface area contributed by atoms with E-state index in [9.17, 15) is 9.59 Å². The van der Waals surface area contributed by atoms with Gasteiger partial charge < -0.3 is 16.0 Å². The molecule has 0 spiro atoms. The van der Waals surface area contributed by atoms with E-state index < -0.39 is 0 Å². The Morgan fingerprint density at radius 3 is 2.42 bits per heavy atom. The van der Waals surface area contributed by atoms with E-state index >= 15 is 0 Å². The lowest BCUT2D eigenvalue weighted by Crippen LogP contribution is -2.50. The van der Waals surface area contributed by atoms with Crippen molar-refractivity contribution < 1.29 is 9.59 Å². The van der Waals surface area contributed by atoms with Crippen LogP contribution in [0.2, 0.25) is 0 Å². The van der Waals surface area contributed by atoms with Crippen molar-refractivity contribution >= 4 is 11.8 Å². The molecular formula is C19H27N3O2. The summed E-state index contributed by atoms with van der Waals surface area (Å²) in [6.45, 7) is 2.12. The van der Waals surface area contributed by atoms with E-state index in [1.165, 1.54) is 18.4 Å². The third kappa shape index (κ3) is 4.81. The van der Waals surface area contributed by atoms with Gasteiger partial charge in [-0.3, -0.25) is 9.59 Å². The third-order valence-corrected chi connectivity index (χ3v) is 5.05. The molecule has 2 fully saturated rings. The van der Waals surface area contributed by atoms with Crippen molar-refractivity contribution in [2.45, 2.75) is 63.6 Å². The number of nitrogens with one attached hydrogen (secondary N) is 3. The van der Waals surface area contributed by atoms with Gasteiger partial charge in [-0.2, -0.15) is 0 Å². The van der Waals surface area contributed by atoms with Gasteiger partial charge in [0.2, 0.25) is 11.8 Å². The molecule has 2 aliphatic rings. The first-order valence-corrected chi connectivity index (χ1v) is 8.96. The second kappa shape index (κ2) is 7.79. The quantitative estimate of drug-likeness (QED) is 0.740. The number of carbonyl (C=O) groups is 2. The minimum Gasteiger partial charge on any atom is -0.352 e. The molecule has 5 heteroatoms. The highest BCUT2D eigenvalue weighted by atomic mass is 16.2. The van der Waals surface area contributed by atoms with Crippen LogP contribution in [0, 0.1) is 6.92 Å². The van der Waals surface area contributed by atoms with Crippen molar-refractivity contribution in [3.63, 3.8) is 0 Å². The molecule has 3 rings (SSSR count). The van der Waals surface area contributed by atoms with Gasteiger partial charge in [0.15, 0.2) is 0 Å². The molecule has 2 heterocycles. The predicted molar refractivity (Wildman–Crippen MR) is 93.6 cm³/mol. The first-order valence-electron chi connectivity index (χ1n) is 8.96. The standard InChI is InChI=1S/C19H27N3O2/c1-13-2-4-14(5-3-13)6-9-18(23)20-12-19(24)22-17-10-15-7-8-16(11-17)21-15/h2-5,15-17,21H,6-12H2,1H3,(H,20,23)(H,22,24). The van der Waals surface area contributed by atoms with Crippen molar-refractivity contribution in [3.8, 4) is 0 Å². The van der Waals surface area contributed by atoms with Crippen LogP contribution in [0.15, 0.2) is 24.3 Å². The van der Waals surface area contributed by atoms with Gasteiger partial charge >= 0.3 is 0 Å². The molecule has 1 aromatic carbocycles. The molecule has 2 saturated heterocycles. The lowest BCUT2D eigenvalue weighted by Gasteiger charge is -2.29. The molecule has 0 aliphatic carbocycles. The number of aryl methyl sites for hydroxylation is 2. The third-order valence-electron chi connectivity index (χ3n) is 5.05. The van der Waals surface area contributed by atoms with Crippen LogP contribution in [-0.2, 0) is 16.0 Å². The highest BCUT2D eigenvalue weighted by molar-refractivity contribution is 5.84. The summed E-state index contributed by atoms with van der Waals surface area (Å²) in [5.41, 5.74) is 2.36. The van der Waals surface area contributed by atoms with Gasteiger partial charge in [-0.05, 0) is 44.6 Å². The SMILES string of the molecule is Cc1ccc(CCC(=O)NCC(=O)NC2CC3CCC(C2)N3)cc1. The highest BCUT2D eigenvalue weighted by Gasteiger charge is 2.33. The van der Waals surface area contributed by atoms with Gasteiger partial charge in [-0.15, -0.1) is 0 Å². The molecule has 1 aromatic rings. The minimum absolute atomic E-state index is 0.0731. The van der Waals surface area contributed by atoms with Crippen LogP contribution in [0.1, 0.15) is 43.2 Å². The van der Waals surface area contributed by atoms with Crippen molar-refractivity contribution in [2.24, 2.45) is 0 Å². The molecular weight excluding hydrogens is 302 g/mol. The maximum atomic E-state index is 12.0. The van der Waals surface area contributed by atoms with Gasteiger partial charge in [0.1, 0.15) is 0 Å². The van der Waals surface area contributed by atoms with Crippen molar-refractivity contribution in [3.05, 3.63) is 35.4 Å². The van der Waals surface area contributed by atoms with Crippen LogP contribution < -0.4 is 16.0 Å². The monoisotopic (exact) mass is 329 g/mol. The molecule has 2 amide bonds. The maximum Gasteiger partial charge on any atom is 0.239 e. The smallest absolute Gasteiger partial charge is 0.239 e. The average Bonchev–Trinajstić information content (AvgIpc) is 2.91. The largest absolute Gasteiger partial charge is 0.352 e. The zero-order chi connectivity index (χ0) is 16.9. The lowest BCUT2D eigenvalue weighted by atomic mass is 10.00. The van der Waals surface area contributed by atoms with Crippen LogP contribution in [0.4, 0.5) is 0 Å². The topological polar surface area (TPSA) is 70.2 Å². The van der Waals surface area contributed by atoms with E-state index in [0.29, 0.717) is 24.9 Å². The van der Waals surface area contributed by atoms with E-state index in [1.54, 1.807) is 0 Å². The summed E-state index contributed by atoms with van der Waals surface area (Å²) < 4.78 is 0. The molecule has 3 N–H and O–H groups in total. The van der Waals surface area contributed by atoms with Gasteiger partial charge in [0.05, 0.1) is 6.54 Å². The second-order valence-corrected chi connectivity index (χ2v) is 7.14. The van der Waals surface area contributed by atoms with Crippen LogP contribution in [0.25, 0.3) is 0 Å². The molecule has 130 valence electrons. The zero-order valence-corrected chi connectivity index (χ0v) is 14.3. The Bertz CT molecular complexity index is 573. The predicted octanol–water partition coefficient (Wildman–Crippen LogP) is 1.44. The summed E-state index contributed by atoms with van der Waals surface area (Å²) in [5, 5.41) is 9.34. The summed E-state index contributed by atoms with van der Waals surface area (Å²) in [5.74, 6) is -0.152. The van der Waals surface area contributed by atoms with Gasteiger partial charge in [-0.1, -0.05) is 29.8 Å².